The van der Waals surface area contributed by atoms with Crippen molar-refractivity contribution in [1.29, 1.82) is 0 Å². The summed E-state index contributed by atoms with van der Waals surface area (Å²) in [7, 11) is 3.25. The lowest BCUT2D eigenvalue weighted by atomic mass is 9.95. The van der Waals surface area contributed by atoms with Crippen molar-refractivity contribution in [3.63, 3.8) is 0 Å². The predicted molar refractivity (Wildman–Crippen MR) is 92.4 cm³/mol. The maximum absolute atomic E-state index is 12.0. The summed E-state index contributed by atoms with van der Waals surface area (Å²) < 4.78 is 12.0. The van der Waals surface area contributed by atoms with E-state index < -0.39 is 10.8 Å². The number of aliphatic imine (C=N–C) groups is 1. The lowest BCUT2D eigenvalue weighted by Gasteiger charge is -2.30. The van der Waals surface area contributed by atoms with Crippen molar-refractivity contribution >= 4 is 16.8 Å². The Balaban J connectivity index is 2.37. The van der Waals surface area contributed by atoms with Gasteiger partial charge in [-0.1, -0.05) is 20.3 Å². The number of rotatable bonds is 7. The Morgan fingerprint density at radius 2 is 2.14 bits per heavy atom. The highest BCUT2D eigenvalue weighted by Crippen LogP contribution is 2.22. The molecule has 1 fully saturated rings. The zero-order valence-electron chi connectivity index (χ0n) is 14.0. The molecule has 0 saturated heterocycles. The van der Waals surface area contributed by atoms with Crippen LogP contribution in [0, 0.1) is 0 Å². The minimum Gasteiger partial charge on any atom is -0.355 e. The molecular formula is C15H32N4OS. The van der Waals surface area contributed by atoms with E-state index in [-0.39, 0.29) is 0 Å². The summed E-state index contributed by atoms with van der Waals surface area (Å²) in [6.07, 6.45) is 4.40. The van der Waals surface area contributed by atoms with Crippen LogP contribution in [0.1, 0.15) is 39.5 Å². The Morgan fingerprint density at radius 1 is 1.38 bits per heavy atom. The van der Waals surface area contributed by atoms with Crippen molar-refractivity contribution in [1.82, 2.24) is 15.5 Å². The molecule has 1 aliphatic rings. The molecule has 0 spiro atoms. The van der Waals surface area contributed by atoms with E-state index >= 15 is 0 Å². The number of hydrogen-bond acceptors (Lipinski definition) is 3. The summed E-state index contributed by atoms with van der Waals surface area (Å²) in [4.78, 5) is 6.56. The summed E-state index contributed by atoms with van der Waals surface area (Å²) in [5.74, 6) is 1.64. The maximum atomic E-state index is 12.0. The third-order valence-electron chi connectivity index (χ3n) is 4.17. The first-order chi connectivity index (χ1) is 10.1. The minimum absolute atomic E-state index is 0.352. The highest BCUT2D eigenvalue weighted by Gasteiger charge is 2.25. The molecule has 5 nitrogen and oxygen atoms in total. The fourth-order valence-corrected chi connectivity index (χ4v) is 4.01. The van der Waals surface area contributed by atoms with Gasteiger partial charge < -0.3 is 15.5 Å². The molecule has 0 aromatic rings. The summed E-state index contributed by atoms with van der Waals surface area (Å²) in [6.45, 7) is 7.12. The monoisotopic (exact) mass is 316 g/mol. The molecule has 0 aromatic carbocycles. The third-order valence-corrected chi connectivity index (χ3v) is 5.91. The van der Waals surface area contributed by atoms with Crippen molar-refractivity contribution in [2.75, 3.05) is 39.5 Å². The van der Waals surface area contributed by atoms with Gasteiger partial charge in [-0.25, -0.2) is 0 Å². The highest BCUT2D eigenvalue weighted by molar-refractivity contribution is 7.85. The first kappa shape index (κ1) is 18.4. The Bertz CT molecular complexity index is 349. The van der Waals surface area contributed by atoms with Crippen LogP contribution in [0.25, 0.3) is 0 Å². The highest BCUT2D eigenvalue weighted by atomic mass is 32.2. The van der Waals surface area contributed by atoms with E-state index in [1.807, 2.05) is 14.0 Å². The number of likely N-dealkylation sites (N-methyl/N-ethyl adjacent to an activating group) is 1. The fourth-order valence-electron chi connectivity index (χ4n) is 2.66. The average molecular weight is 317 g/mol. The number of nitrogens with zero attached hydrogens (tertiary/aromatic N) is 2. The average Bonchev–Trinajstić information content (AvgIpc) is 2.53. The molecule has 0 aliphatic heterocycles. The predicted octanol–water partition coefficient (Wildman–Crippen LogP) is 1.18. The van der Waals surface area contributed by atoms with Crippen molar-refractivity contribution < 1.29 is 4.21 Å². The molecule has 0 heterocycles. The topological polar surface area (TPSA) is 56.7 Å². The number of nitrogens with one attached hydrogen (secondary N) is 2. The zero-order chi connectivity index (χ0) is 15.7. The van der Waals surface area contributed by atoms with Crippen LogP contribution in [0.15, 0.2) is 4.99 Å². The van der Waals surface area contributed by atoms with Crippen LogP contribution in [0.5, 0.6) is 0 Å². The van der Waals surface area contributed by atoms with Crippen LogP contribution in [0.3, 0.4) is 0 Å². The molecule has 1 rings (SSSR count). The first-order valence-corrected chi connectivity index (χ1v) is 9.51. The van der Waals surface area contributed by atoms with Crippen molar-refractivity contribution in [3.05, 3.63) is 0 Å². The molecule has 6 heteroatoms. The molecule has 3 unspecified atom stereocenters. The Morgan fingerprint density at radius 3 is 2.76 bits per heavy atom. The molecule has 1 saturated carbocycles. The normalized spacial score (nSPS) is 24.9. The number of guanidine groups is 1. The summed E-state index contributed by atoms with van der Waals surface area (Å²) in [6, 6.07) is 0.398. The van der Waals surface area contributed by atoms with Crippen LogP contribution in [-0.2, 0) is 10.8 Å². The molecule has 21 heavy (non-hydrogen) atoms. The standard InChI is InChI=1S/C15H32N4OS/c1-5-19(4)11-10-17-15(16-3)18-13-8-7-9-14(12-13)21(20)6-2/h13-14H,5-12H2,1-4H3,(H2,16,17,18). The van der Waals surface area contributed by atoms with Gasteiger partial charge in [0.15, 0.2) is 5.96 Å². The third kappa shape index (κ3) is 6.78. The van der Waals surface area contributed by atoms with Gasteiger partial charge in [0.2, 0.25) is 0 Å². The molecular weight excluding hydrogens is 284 g/mol. The molecule has 124 valence electrons. The molecule has 0 radical (unpaired) electrons. The van der Waals surface area contributed by atoms with Crippen LogP contribution >= 0.6 is 0 Å². The van der Waals surface area contributed by atoms with E-state index in [0.717, 1.165) is 57.0 Å². The molecule has 1 aliphatic carbocycles. The van der Waals surface area contributed by atoms with Crippen molar-refractivity contribution in [2.24, 2.45) is 4.99 Å². The Labute approximate surface area is 132 Å². The second-order valence-corrected chi connectivity index (χ2v) is 7.70. The number of hydrogen-bond donors (Lipinski definition) is 2. The van der Waals surface area contributed by atoms with E-state index in [1.54, 1.807) is 0 Å². The smallest absolute Gasteiger partial charge is 0.191 e. The summed E-state index contributed by atoms with van der Waals surface area (Å²) in [5, 5.41) is 7.21. The van der Waals surface area contributed by atoms with E-state index in [1.165, 1.54) is 0 Å². The van der Waals surface area contributed by atoms with E-state index in [4.69, 9.17) is 0 Å². The molecule has 3 atom stereocenters. The SMILES string of the molecule is CCN(C)CCNC(=NC)NC1CCCC(S(=O)CC)C1. The van der Waals surface area contributed by atoms with Crippen LogP contribution in [0.4, 0.5) is 0 Å². The minimum atomic E-state index is -0.671. The van der Waals surface area contributed by atoms with Gasteiger partial charge in [0.25, 0.3) is 0 Å². The lowest BCUT2D eigenvalue weighted by molar-refractivity contribution is 0.355. The maximum Gasteiger partial charge on any atom is 0.191 e. The summed E-state index contributed by atoms with van der Waals surface area (Å²) in [5.41, 5.74) is 0. The van der Waals surface area contributed by atoms with Gasteiger partial charge in [-0.2, -0.15) is 0 Å². The van der Waals surface area contributed by atoms with E-state index in [0.29, 0.717) is 11.3 Å². The molecule has 0 bridgehead atoms. The molecule has 2 N–H and O–H groups in total. The van der Waals surface area contributed by atoms with E-state index in [2.05, 4.69) is 34.5 Å². The van der Waals surface area contributed by atoms with Gasteiger partial charge in [-0.05, 0) is 32.9 Å². The van der Waals surface area contributed by atoms with Crippen LogP contribution in [-0.4, -0.2) is 65.8 Å². The Kier molecular flexibility index (Phi) is 8.92. The lowest BCUT2D eigenvalue weighted by Crippen LogP contribution is -2.47. The second-order valence-electron chi connectivity index (χ2n) is 5.69. The van der Waals surface area contributed by atoms with Gasteiger partial charge in [0.1, 0.15) is 0 Å². The molecule has 0 amide bonds. The fraction of sp³-hybridized carbons (Fsp3) is 0.933. The zero-order valence-corrected chi connectivity index (χ0v) is 14.8. The second kappa shape index (κ2) is 10.2. The van der Waals surface area contributed by atoms with Gasteiger partial charge in [-0.15, -0.1) is 0 Å². The summed E-state index contributed by atoms with van der Waals surface area (Å²) >= 11 is 0. The largest absolute Gasteiger partial charge is 0.355 e. The van der Waals surface area contributed by atoms with E-state index in [9.17, 15) is 4.21 Å². The van der Waals surface area contributed by atoms with Gasteiger partial charge in [-0.3, -0.25) is 9.20 Å². The Hall–Kier alpha value is -0.620. The molecule has 0 aromatic heterocycles. The van der Waals surface area contributed by atoms with Gasteiger partial charge >= 0.3 is 0 Å². The van der Waals surface area contributed by atoms with Gasteiger partial charge in [0, 0.05) is 48.0 Å². The van der Waals surface area contributed by atoms with Gasteiger partial charge in [0.05, 0.1) is 0 Å². The quantitative estimate of drug-likeness (QED) is 0.547. The van der Waals surface area contributed by atoms with Crippen LogP contribution in [0.2, 0.25) is 0 Å². The van der Waals surface area contributed by atoms with Crippen molar-refractivity contribution in [2.45, 2.75) is 50.8 Å². The first-order valence-electron chi connectivity index (χ1n) is 8.13. The van der Waals surface area contributed by atoms with Crippen LogP contribution < -0.4 is 10.6 Å². The van der Waals surface area contributed by atoms with Crippen molar-refractivity contribution in [3.8, 4) is 0 Å².